The van der Waals surface area contributed by atoms with Crippen molar-refractivity contribution >= 4 is 23.0 Å². The van der Waals surface area contributed by atoms with Crippen molar-refractivity contribution in [3.8, 4) is 17.3 Å². The zero-order valence-electron chi connectivity index (χ0n) is 16.1. The van der Waals surface area contributed by atoms with Crippen LogP contribution < -0.4 is 10.2 Å². The molecule has 0 spiro atoms. The summed E-state index contributed by atoms with van der Waals surface area (Å²) in [5.41, 5.74) is 3.79. The first-order valence-electron chi connectivity index (χ1n) is 9.58. The largest absolute Gasteiger partial charge is 0.378 e. The van der Waals surface area contributed by atoms with Gasteiger partial charge in [0.2, 0.25) is 5.95 Å². The van der Waals surface area contributed by atoms with Gasteiger partial charge in [0, 0.05) is 30.5 Å². The monoisotopic (exact) mass is 398 g/mol. The molecule has 1 aromatic carbocycles. The quantitative estimate of drug-likeness (QED) is 0.559. The molecule has 0 amide bonds. The Balaban J connectivity index is 1.44. The van der Waals surface area contributed by atoms with Crippen LogP contribution in [0.4, 0.5) is 17.5 Å². The van der Waals surface area contributed by atoms with Crippen LogP contribution in [0.2, 0.25) is 0 Å². The molecule has 0 atom stereocenters. The van der Waals surface area contributed by atoms with E-state index in [0.717, 1.165) is 41.4 Å². The van der Waals surface area contributed by atoms with Crippen LogP contribution in [0.25, 0.3) is 16.8 Å². The molecule has 9 heteroatoms. The lowest BCUT2D eigenvalue weighted by Gasteiger charge is -2.27. The van der Waals surface area contributed by atoms with E-state index in [4.69, 9.17) is 10.00 Å². The van der Waals surface area contributed by atoms with Crippen LogP contribution in [0.1, 0.15) is 5.56 Å². The molecule has 0 aliphatic carbocycles. The number of fused-ring (bicyclic) bond motifs is 1. The lowest BCUT2D eigenvalue weighted by molar-refractivity contribution is 0.122. The first-order valence-corrected chi connectivity index (χ1v) is 9.58. The smallest absolute Gasteiger partial charge is 0.227 e. The predicted molar refractivity (Wildman–Crippen MR) is 111 cm³/mol. The molecule has 3 aromatic heterocycles. The summed E-state index contributed by atoms with van der Waals surface area (Å²) in [7, 11) is 0. The molecular weight excluding hydrogens is 380 g/mol. The molecule has 1 N–H and O–H groups in total. The summed E-state index contributed by atoms with van der Waals surface area (Å²) in [5, 5.41) is 21.3. The third-order valence-corrected chi connectivity index (χ3v) is 4.89. The van der Waals surface area contributed by atoms with Crippen molar-refractivity contribution in [2.24, 2.45) is 0 Å². The highest BCUT2D eigenvalue weighted by molar-refractivity contribution is 5.78. The first kappa shape index (κ1) is 18.0. The third kappa shape index (κ3) is 3.52. The maximum Gasteiger partial charge on any atom is 0.227 e. The second-order valence-corrected chi connectivity index (χ2v) is 6.81. The maximum atomic E-state index is 9.07. The summed E-state index contributed by atoms with van der Waals surface area (Å²) in [5.74, 6) is 1.32. The molecule has 4 aromatic rings. The van der Waals surface area contributed by atoms with E-state index < -0.39 is 0 Å². The zero-order chi connectivity index (χ0) is 20.3. The molecule has 0 bridgehead atoms. The standard InChI is InChI=1S/C21H18N8O/c22-13-15-2-1-3-16(12-15)25-21-23-7-6-18(26-21)17-14-24-29-19(17)4-5-20(27-29)28-8-10-30-11-9-28/h1-7,12,14H,8-11H2,(H,23,25,26). The Hall–Kier alpha value is -4.03. The van der Waals surface area contributed by atoms with E-state index in [-0.39, 0.29) is 0 Å². The Bertz CT molecular complexity index is 1240. The van der Waals surface area contributed by atoms with E-state index in [1.165, 1.54) is 0 Å². The highest BCUT2D eigenvalue weighted by Gasteiger charge is 2.15. The Morgan fingerprint density at radius 3 is 2.87 bits per heavy atom. The van der Waals surface area contributed by atoms with Crippen LogP contribution in [0, 0.1) is 11.3 Å². The van der Waals surface area contributed by atoms with Gasteiger partial charge in [-0.1, -0.05) is 6.07 Å². The minimum atomic E-state index is 0.444. The summed E-state index contributed by atoms with van der Waals surface area (Å²) < 4.78 is 7.04. The Labute approximate surface area is 172 Å². The summed E-state index contributed by atoms with van der Waals surface area (Å²) in [6.07, 6.45) is 3.45. The van der Waals surface area contributed by atoms with Gasteiger partial charge in [0.1, 0.15) is 0 Å². The zero-order valence-corrected chi connectivity index (χ0v) is 16.1. The molecule has 0 radical (unpaired) electrons. The normalized spacial score (nSPS) is 13.9. The van der Waals surface area contributed by atoms with Gasteiger partial charge in [-0.05, 0) is 36.4 Å². The van der Waals surface area contributed by atoms with E-state index >= 15 is 0 Å². The number of ether oxygens (including phenoxy) is 1. The predicted octanol–water partition coefficient (Wildman–Crippen LogP) is 2.64. The third-order valence-electron chi connectivity index (χ3n) is 4.89. The summed E-state index contributed by atoms with van der Waals surface area (Å²) in [6.45, 7) is 3.05. The maximum absolute atomic E-state index is 9.07. The van der Waals surface area contributed by atoms with Gasteiger partial charge in [0.25, 0.3) is 0 Å². The molecule has 148 valence electrons. The van der Waals surface area contributed by atoms with Crippen LogP contribution in [-0.2, 0) is 4.74 Å². The molecule has 1 aliphatic rings. The average molecular weight is 398 g/mol. The molecule has 5 rings (SSSR count). The van der Waals surface area contributed by atoms with E-state index in [2.05, 4.69) is 36.5 Å². The number of hydrogen-bond donors (Lipinski definition) is 1. The Morgan fingerprint density at radius 1 is 1.10 bits per heavy atom. The number of nitriles is 1. The number of anilines is 3. The molecule has 1 saturated heterocycles. The number of benzene rings is 1. The molecule has 0 saturated carbocycles. The molecular formula is C21H18N8O. The lowest BCUT2D eigenvalue weighted by Crippen LogP contribution is -2.37. The van der Waals surface area contributed by atoms with E-state index in [0.29, 0.717) is 24.7 Å². The van der Waals surface area contributed by atoms with Crippen LogP contribution in [0.3, 0.4) is 0 Å². The second-order valence-electron chi connectivity index (χ2n) is 6.81. The second kappa shape index (κ2) is 7.77. The topological polar surface area (TPSA) is 104 Å². The first-order chi connectivity index (χ1) is 14.8. The molecule has 0 unspecified atom stereocenters. The van der Waals surface area contributed by atoms with Crippen molar-refractivity contribution in [2.45, 2.75) is 0 Å². The number of aromatic nitrogens is 5. The molecule has 1 fully saturated rings. The SMILES string of the molecule is N#Cc1cccc(Nc2nccc(-c3cnn4nc(N5CCOCC5)ccc34)n2)c1. The van der Waals surface area contributed by atoms with Gasteiger partial charge in [0.05, 0.1) is 42.3 Å². The highest BCUT2D eigenvalue weighted by atomic mass is 16.5. The lowest BCUT2D eigenvalue weighted by atomic mass is 10.2. The minimum Gasteiger partial charge on any atom is -0.378 e. The summed E-state index contributed by atoms with van der Waals surface area (Å²) >= 11 is 0. The van der Waals surface area contributed by atoms with Gasteiger partial charge < -0.3 is 15.0 Å². The average Bonchev–Trinajstić information content (AvgIpc) is 3.23. The van der Waals surface area contributed by atoms with Crippen molar-refractivity contribution in [2.75, 3.05) is 36.5 Å². The van der Waals surface area contributed by atoms with Crippen LogP contribution >= 0.6 is 0 Å². The van der Waals surface area contributed by atoms with Gasteiger partial charge in [-0.15, -0.1) is 9.73 Å². The highest BCUT2D eigenvalue weighted by Crippen LogP contribution is 2.25. The number of hydrogen-bond acceptors (Lipinski definition) is 8. The van der Waals surface area contributed by atoms with Crippen molar-refractivity contribution in [1.82, 2.24) is 24.8 Å². The summed E-state index contributed by atoms with van der Waals surface area (Å²) in [6, 6.07) is 15.1. The van der Waals surface area contributed by atoms with Gasteiger partial charge in [-0.2, -0.15) is 10.4 Å². The Kier molecular flexibility index (Phi) is 4.67. The van der Waals surface area contributed by atoms with E-state index in [1.54, 1.807) is 29.2 Å². The van der Waals surface area contributed by atoms with Crippen LogP contribution in [0.15, 0.2) is 54.9 Å². The minimum absolute atomic E-state index is 0.444. The molecule has 4 heterocycles. The van der Waals surface area contributed by atoms with Crippen molar-refractivity contribution < 1.29 is 4.74 Å². The fourth-order valence-corrected chi connectivity index (χ4v) is 3.39. The number of nitrogens with one attached hydrogen (secondary N) is 1. The Morgan fingerprint density at radius 2 is 2.00 bits per heavy atom. The van der Waals surface area contributed by atoms with Gasteiger partial charge in [-0.25, -0.2) is 9.97 Å². The van der Waals surface area contributed by atoms with Crippen molar-refractivity contribution in [1.29, 1.82) is 5.26 Å². The van der Waals surface area contributed by atoms with Gasteiger partial charge >= 0.3 is 0 Å². The fourth-order valence-electron chi connectivity index (χ4n) is 3.39. The molecule has 30 heavy (non-hydrogen) atoms. The number of nitrogens with zero attached hydrogens (tertiary/aromatic N) is 7. The van der Waals surface area contributed by atoms with Gasteiger partial charge in [-0.3, -0.25) is 0 Å². The fraction of sp³-hybridized carbons (Fsp3) is 0.190. The van der Waals surface area contributed by atoms with E-state index in [9.17, 15) is 0 Å². The number of rotatable bonds is 4. The van der Waals surface area contributed by atoms with Crippen LogP contribution in [0.5, 0.6) is 0 Å². The van der Waals surface area contributed by atoms with Gasteiger partial charge in [0.15, 0.2) is 5.82 Å². The van der Waals surface area contributed by atoms with Crippen molar-refractivity contribution in [3.63, 3.8) is 0 Å². The summed E-state index contributed by atoms with van der Waals surface area (Å²) in [4.78, 5) is 11.1. The molecule has 9 nitrogen and oxygen atoms in total. The van der Waals surface area contributed by atoms with Crippen molar-refractivity contribution in [3.05, 3.63) is 60.4 Å². The molecule has 1 aliphatic heterocycles. The van der Waals surface area contributed by atoms with E-state index in [1.807, 2.05) is 30.3 Å². The van der Waals surface area contributed by atoms with Crippen LogP contribution in [-0.4, -0.2) is 51.1 Å². The number of morpholine rings is 1.